The third kappa shape index (κ3) is 5.21. The fourth-order valence-corrected chi connectivity index (χ4v) is 1.70. The van der Waals surface area contributed by atoms with E-state index in [-0.39, 0.29) is 6.10 Å². The van der Waals surface area contributed by atoms with Crippen molar-refractivity contribution in [1.29, 1.82) is 0 Å². The smallest absolute Gasteiger partial charge is 0.0524 e. The van der Waals surface area contributed by atoms with Crippen LogP contribution in [0.2, 0.25) is 0 Å². The van der Waals surface area contributed by atoms with E-state index in [0.717, 1.165) is 19.5 Å². The van der Waals surface area contributed by atoms with Gasteiger partial charge in [0.05, 0.1) is 6.10 Å². The van der Waals surface area contributed by atoms with Crippen molar-refractivity contribution < 1.29 is 5.11 Å². The molecule has 2 nitrogen and oxygen atoms in total. The highest BCUT2D eigenvalue weighted by Crippen LogP contribution is 2.14. The van der Waals surface area contributed by atoms with Crippen LogP contribution in [0.3, 0.4) is 0 Å². The van der Waals surface area contributed by atoms with Gasteiger partial charge >= 0.3 is 0 Å². The summed E-state index contributed by atoms with van der Waals surface area (Å²) in [5.41, 5.74) is 1.29. The standard InChI is InChI=1S/C12H19NOS/c1-10(14)7-8-13-9-11-3-5-12(15-2)6-4-11/h3-6,10,13-14H,7-9H2,1-2H3/t10-/m0/s1. The summed E-state index contributed by atoms with van der Waals surface area (Å²) in [5.74, 6) is 0. The third-order valence-electron chi connectivity index (χ3n) is 2.23. The van der Waals surface area contributed by atoms with Crippen LogP contribution in [0.15, 0.2) is 29.2 Å². The van der Waals surface area contributed by atoms with Crippen molar-refractivity contribution in [2.75, 3.05) is 12.8 Å². The number of aliphatic hydroxyl groups excluding tert-OH is 1. The van der Waals surface area contributed by atoms with Crippen LogP contribution in [-0.2, 0) is 6.54 Å². The van der Waals surface area contributed by atoms with Crippen LogP contribution in [0.5, 0.6) is 0 Å². The Labute approximate surface area is 96.1 Å². The quantitative estimate of drug-likeness (QED) is 0.575. The van der Waals surface area contributed by atoms with E-state index < -0.39 is 0 Å². The highest BCUT2D eigenvalue weighted by Gasteiger charge is 1.96. The number of hydrogen-bond donors (Lipinski definition) is 2. The topological polar surface area (TPSA) is 32.3 Å². The zero-order valence-corrected chi connectivity index (χ0v) is 10.2. The Kier molecular flexibility index (Phi) is 5.76. The van der Waals surface area contributed by atoms with Crippen LogP contribution in [0.4, 0.5) is 0 Å². The highest BCUT2D eigenvalue weighted by atomic mass is 32.2. The van der Waals surface area contributed by atoms with Gasteiger partial charge in [0.1, 0.15) is 0 Å². The second-order valence-corrected chi connectivity index (χ2v) is 4.54. The van der Waals surface area contributed by atoms with Gasteiger partial charge in [0.25, 0.3) is 0 Å². The van der Waals surface area contributed by atoms with Gasteiger partial charge < -0.3 is 10.4 Å². The molecule has 3 heteroatoms. The minimum absolute atomic E-state index is 0.212. The van der Waals surface area contributed by atoms with E-state index >= 15 is 0 Å². The van der Waals surface area contributed by atoms with Crippen molar-refractivity contribution in [3.05, 3.63) is 29.8 Å². The maximum Gasteiger partial charge on any atom is 0.0524 e. The second kappa shape index (κ2) is 6.88. The van der Waals surface area contributed by atoms with Gasteiger partial charge in [0.15, 0.2) is 0 Å². The van der Waals surface area contributed by atoms with Crippen LogP contribution in [0, 0.1) is 0 Å². The molecule has 0 aliphatic carbocycles. The Morgan fingerprint density at radius 2 is 2.00 bits per heavy atom. The monoisotopic (exact) mass is 225 g/mol. The molecule has 0 spiro atoms. The van der Waals surface area contributed by atoms with Crippen molar-refractivity contribution >= 4 is 11.8 Å². The summed E-state index contributed by atoms with van der Waals surface area (Å²) in [7, 11) is 0. The summed E-state index contributed by atoms with van der Waals surface area (Å²) < 4.78 is 0. The maximum absolute atomic E-state index is 9.08. The van der Waals surface area contributed by atoms with E-state index in [9.17, 15) is 0 Å². The molecule has 0 aromatic heterocycles. The summed E-state index contributed by atoms with van der Waals surface area (Å²) in [4.78, 5) is 1.29. The van der Waals surface area contributed by atoms with Gasteiger partial charge in [0, 0.05) is 11.4 Å². The lowest BCUT2D eigenvalue weighted by molar-refractivity contribution is 0.183. The lowest BCUT2D eigenvalue weighted by Crippen LogP contribution is -2.18. The van der Waals surface area contributed by atoms with Crippen LogP contribution in [0.1, 0.15) is 18.9 Å². The number of benzene rings is 1. The molecule has 0 aliphatic heterocycles. The van der Waals surface area contributed by atoms with E-state index in [1.165, 1.54) is 10.5 Å². The molecule has 0 unspecified atom stereocenters. The van der Waals surface area contributed by atoms with Crippen LogP contribution >= 0.6 is 11.8 Å². The summed E-state index contributed by atoms with van der Waals surface area (Å²) in [6.45, 7) is 3.55. The van der Waals surface area contributed by atoms with Gasteiger partial charge in [-0.25, -0.2) is 0 Å². The van der Waals surface area contributed by atoms with Crippen molar-refractivity contribution in [3.8, 4) is 0 Å². The van der Waals surface area contributed by atoms with Crippen LogP contribution in [0.25, 0.3) is 0 Å². The first-order chi connectivity index (χ1) is 7.22. The first-order valence-corrected chi connectivity index (χ1v) is 6.46. The van der Waals surface area contributed by atoms with Crippen molar-refractivity contribution in [2.45, 2.75) is 30.9 Å². The van der Waals surface area contributed by atoms with Gasteiger partial charge in [-0.05, 0) is 43.8 Å². The van der Waals surface area contributed by atoms with E-state index in [4.69, 9.17) is 5.11 Å². The molecule has 0 saturated heterocycles. The minimum Gasteiger partial charge on any atom is -0.393 e. The third-order valence-corrected chi connectivity index (χ3v) is 2.97. The van der Waals surface area contributed by atoms with E-state index in [2.05, 4.69) is 35.8 Å². The average Bonchev–Trinajstić information content (AvgIpc) is 2.25. The molecule has 1 aromatic rings. The zero-order valence-electron chi connectivity index (χ0n) is 9.36. The lowest BCUT2D eigenvalue weighted by atomic mass is 10.2. The molecule has 1 rings (SSSR count). The first-order valence-electron chi connectivity index (χ1n) is 5.24. The van der Waals surface area contributed by atoms with Crippen LogP contribution < -0.4 is 5.32 Å². The second-order valence-electron chi connectivity index (χ2n) is 3.66. The van der Waals surface area contributed by atoms with Crippen molar-refractivity contribution in [2.24, 2.45) is 0 Å². The number of thioether (sulfide) groups is 1. The number of rotatable bonds is 6. The number of hydrogen-bond acceptors (Lipinski definition) is 3. The molecule has 0 aliphatic rings. The van der Waals surface area contributed by atoms with Gasteiger partial charge in [-0.1, -0.05) is 12.1 Å². The SMILES string of the molecule is CSc1ccc(CNCC[C@H](C)O)cc1. The molecule has 84 valence electrons. The fraction of sp³-hybridized carbons (Fsp3) is 0.500. The molecule has 1 atom stereocenters. The predicted octanol–water partition coefficient (Wildman–Crippen LogP) is 2.27. The molecular formula is C12H19NOS. The van der Waals surface area contributed by atoms with Gasteiger partial charge in [-0.2, -0.15) is 0 Å². The van der Waals surface area contributed by atoms with Crippen molar-refractivity contribution in [3.63, 3.8) is 0 Å². The van der Waals surface area contributed by atoms with E-state index in [1.54, 1.807) is 11.8 Å². The summed E-state index contributed by atoms with van der Waals surface area (Å²) >= 11 is 1.76. The summed E-state index contributed by atoms with van der Waals surface area (Å²) in [6, 6.07) is 8.55. The van der Waals surface area contributed by atoms with Crippen molar-refractivity contribution in [1.82, 2.24) is 5.32 Å². The molecule has 0 fully saturated rings. The predicted molar refractivity (Wildman–Crippen MR) is 66.2 cm³/mol. The highest BCUT2D eigenvalue weighted by molar-refractivity contribution is 7.98. The Balaban J connectivity index is 2.25. The molecular weight excluding hydrogens is 206 g/mol. The molecule has 0 amide bonds. The maximum atomic E-state index is 9.08. The summed E-state index contributed by atoms with van der Waals surface area (Å²) in [6.07, 6.45) is 2.68. The fourth-order valence-electron chi connectivity index (χ4n) is 1.29. The molecule has 0 saturated carbocycles. The van der Waals surface area contributed by atoms with Gasteiger partial charge in [-0.3, -0.25) is 0 Å². The molecule has 1 aromatic carbocycles. The van der Waals surface area contributed by atoms with Gasteiger partial charge in [-0.15, -0.1) is 11.8 Å². The Hall–Kier alpha value is -0.510. The van der Waals surface area contributed by atoms with E-state index in [0.29, 0.717) is 0 Å². The number of aliphatic hydroxyl groups is 1. The molecule has 0 heterocycles. The van der Waals surface area contributed by atoms with Gasteiger partial charge in [0.2, 0.25) is 0 Å². The Morgan fingerprint density at radius 1 is 1.33 bits per heavy atom. The lowest BCUT2D eigenvalue weighted by Gasteiger charge is -2.06. The molecule has 0 bridgehead atoms. The Morgan fingerprint density at radius 3 is 2.53 bits per heavy atom. The Bertz CT molecular complexity index is 271. The van der Waals surface area contributed by atoms with Crippen LogP contribution in [-0.4, -0.2) is 24.0 Å². The average molecular weight is 225 g/mol. The molecule has 0 radical (unpaired) electrons. The minimum atomic E-state index is -0.212. The number of nitrogens with one attached hydrogen (secondary N) is 1. The normalized spacial score (nSPS) is 12.7. The zero-order chi connectivity index (χ0) is 11.1. The molecule has 2 N–H and O–H groups in total. The van der Waals surface area contributed by atoms with E-state index in [1.807, 2.05) is 6.92 Å². The first kappa shape index (κ1) is 12.6. The molecule has 15 heavy (non-hydrogen) atoms. The summed E-state index contributed by atoms with van der Waals surface area (Å²) in [5, 5.41) is 12.4. The largest absolute Gasteiger partial charge is 0.393 e.